The van der Waals surface area contributed by atoms with Crippen LogP contribution in [0.4, 0.5) is 0 Å². The summed E-state index contributed by atoms with van der Waals surface area (Å²) in [6.07, 6.45) is 8.93. The number of unbranched alkanes of at least 4 members (excludes halogenated alkanes) is 5. The van der Waals surface area contributed by atoms with Crippen molar-refractivity contribution in [1.29, 1.82) is 0 Å². The first-order valence-corrected chi connectivity index (χ1v) is 8.55. The van der Waals surface area contributed by atoms with Crippen LogP contribution in [0.25, 0.3) is 0 Å². The van der Waals surface area contributed by atoms with Gasteiger partial charge in [0.15, 0.2) is 0 Å². The molecule has 130 valence electrons. The maximum atomic E-state index is 9.74. The van der Waals surface area contributed by atoms with Crippen LogP contribution < -0.4 is 0 Å². The quantitative estimate of drug-likeness (QED) is 0.400. The number of aliphatic hydroxyl groups excluding tert-OH is 3. The summed E-state index contributed by atoms with van der Waals surface area (Å²) < 4.78 is 10.7. The molecule has 1 heterocycles. The number of hydrogen-bond acceptors (Lipinski definition) is 5. The Morgan fingerprint density at radius 2 is 1.73 bits per heavy atom. The third kappa shape index (κ3) is 7.70. The van der Waals surface area contributed by atoms with Gasteiger partial charge in [0.1, 0.15) is 24.4 Å². The van der Waals surface area contributed by atoms with E-state index in [1.807, 2.05) is 0 Å². The van der Waals surface area contributed by atoms with Crippen molar-refractivity contribution < 1.29 is 24.8 Å². The Balaban J connectivity index is 1.97. The van der Waals surface area contributed by atoms with Gasteiger partial charge in [0.2, 0.25) is 0 Å². The molecule has 0 amide bonds. The summed E-state index contributed by atoms with van der Waals surface area (Å²) in [4.78, 5) is 0. The number of aliphatic hydroxyl groups is 3. The number of allylic oxidation sites excluding steroid dienone is 1. The summed E-state index contributed by atoms with van der Waals surface area (Å²) in [5.74, 6) is 0. The molecule has 0 bridgehead atoms. The van der Waals surface area contributed by atoms with Gasteiger partial charge in [-0.25, -0.2) is 0 Å². The molecule has 1 fully saturated rings. The van der Waals surface area contributed by atoms with Crippen molar-refractivity contribution in [2.24, 2.45) is 0 Å². The number of hydrogen-bond donors (Lipinski definition) is 3. The van der Waals surface area contributed by atoms with Crippen molar-refractivity contribution in [3.05, 3.63) is 12.2 Å². The smallest absolute Gasteiger partial charge is 0.111 e. The Bertz CT molecular complexity index is 295. The minimum atomic E-state index is -1.16. The third-order valence-corrected chi connectivity index (χ3v) is 3.96. The van der Waals surface area contributed by atoms with Gasteiger partial charge in [-0.2, -0.15) is 0 Å². The SMILES string of the molecule is CCCCCCC/C=C/CCOC[C@H]1OC[C@H](O)[C@@H](O)[C@@H]1O. The topological polar surface area (TPSA) is 79.2 Å². The maximum absolute atomic E-state index is 9.74. The molecular formula is C17H32O5. The van der Waals surface area contributed by atoms with Crippen LogP contribution in [0.3, 0.4) is 0 Å². The van der Waals surface area contributed by atoms with Gasteiger partial charge in [-0.3, -0.25) is 0 Å². The lowest BCUT2D eigenvalue weighted by atomic mass is 10.0. The van der Waals surface area contributed by atoms with Crippen molar-refractivity contribution in [2.75, 3.05) is 19.8 Å². The van der Waals surface area contributed by atoms with Crippen LogP contribution >= 0.6 is 0 Å². The summed E-state index contributed by atoms with van der Waals surface area (Å²) in [6.45, 7) is 3.05. The molecule has 1 aliphatic rings. The minimum absolute atomic E-state index is 0.0319. The van der Waals surface area contributed by atoms with Crippen LogP contribution in [-0.4, -0.2) is 59.6 Å². The second-order valence-electron chi connectivity index (χ2n) is 5.96. The Morgan fingerprint density at radius 1 is 1.00 bits per heavy atom. The fourth-order valence-corrected chi connectivity index (χ4v) is 2.47. The van der Waals surface area contributed by atoms with Crippen LogP contribution in [-0.2, 0) is 9.47 Å². The summed E-state index contributed by atoms with van der Waals surface area (Å²) in [5.41, 5.74) is 0. The van der Waals surface area contributed by atoms with E-state index in [-0.39, 0.29) is 13.2 Å². The monoisotopic (exact) mass is 316 g/mol. The molecule has 5 nitrogen and oxygen atoms in total. The molecule has 0 aromatic rings. The molecule has 0 radical (unpaired) electrons. The lowest BCUT2D eigenvalue weighted by Crippen LogP contribution is -2.54. The summed E-state index contributed by atoms with van der Waals surface area (Å²) in [7, 11) is 0. The van der Waals surface area contributed by atoms with Gasteiger partial charge in [0.25, 0.3) is 0 Å². The highest BCUT2D eigenvalue weighted by Crippen LogP contribution is 2.15. The normalized spacial score (nSPS) is 29.3. The predicted octanol–water partition coefficient (Wildman–Crippen LogP) is 1.79. The van der Waals surface area contributed by atoms with Crippen LogP contribution in [0.15, 0.2) is 12.2 Å². The second kappa shape index (κ2) is 12.0. The van der Waals surface area contributed by atoms with E-state index in [0.717, 1.165) is 12.8 Å². The molecule has 0 saturated carbocycles. The zero-order valence-corrected chi connectivity index (χ0v) is 13.7. The first kappa shape index (κ1) is 19.6. The second-order valence-corrected chi connectivity index (χ2v) is 5.96. The van der Waals surface area contributed by atoms with E-state index in [1.165, 1.54) is 32.1 Å². The van der Waals surface area contributed by atoms with Crippen molar-refractivity contribution in [3.8, 4) is 0 Å². The van der Waals surface area contributed by atoms with E-state index in [0.29, 0.717) is 6.61 Å². The maximum Gasteiger partial charge on any atom is 0.111 e. The van der Waals surface area contributed by atoms with Crippen molar-refractivity contribution >= 4 is 0 Å². The van der Waals surface area contributed by atoms with Gasteiger partial charge in [-0.1, -0.05) is 44.8 Å². The molecule has 3 N–H and O–H groups in total. The van der Waals surface area contributed by atoms with Gasteiger partial charge in [0.05, 0.1) is 19.8 Å². The van der Waals surface area contributed by atoms with E-state index in [2.05, 4.69) is 19.1 Å². The number of rotatable bonds is 11. The molecule has 0 aliphatic carbocycles. The molecular weight excluding hydrogens is 284 g/mol. The Labute approximate surface area is 133 Å². The van der Waals surface area contributed by atoms with E-state index >= 15 is 0 Å². The Hall–Kier alpha value is -0.460. The first-order valence-electron chi connectivity index (χ1n) is 8.55. The van der Waals surface area contributed by atoms with Gasteiger partial charge in [0, 0.05) is 0 Å². The van der Waals surface area contributed by atoms with Gasteiger partial charge < -0.3 is 24.8 Å². The average Bonchev–Trinajstić information content (AvgIpc) is 2.52. The minimum Gasteiger partial charge on any atom is -0.388 e. The zero-order valence-electron chi connectivity index (χ0n) is 13.7. The molecule has 0 spiro atoms. The van der Waals surface area contributed by atoms with Gasteiger partial charge in [-0.15, -0.1) is 0 Å². The molecule has 1 aliphatic heterocycles. The Morgan fingerprint density at radius 3 is 2.50 bits per heavy atom. The van der Waals surface area contributed by atoms with Crippen LogP contribution in [0.5, 0.6) is 0 Å². The van der Waals surface area contributed by atoms with E-state index < -0.39 is 24.4 Å². The Kier molecular flexibility index (Phi) is 10.7. The standard InChI is InChI=1S/C17H32O5/c1-2-3-4-5-6-7-8-9-10-11-21-13-15-17(20)16(19)14(18)12-22-15/h8-9,14-20H,2-7,10-13H2,1H3/b9-8+/t14-,15+,16+,17+/m0/s1. The van der Waals surface area contributed by atoms with Crippen molar-refractivity contribution in [2.45, 2.75) is 76.3 Å². The third-order valence-electron chi connectivity index (χ3n) is 3.96. The van der Waals surface area contributed by atoms with Crippen LogP contribution in [0.1, 0.15) is 51.9 Å². The zero-order chi connectivity index (χ0) is 16.2. The highest BCUT2D eigenvalue weighted by molar-refractivity contribution is 4.86. The highest BCUT2D eigenvalue weighted by atomic mass is 16.6. The predicted molar refractivity (Wildman–Crippen MR) is 85.7 cm³/mol. The van der Waals surface area contributed by atoms with Crippen molar-refractivity contribution in [3.63, 3.8) is 0 Å². The highest BCUT2D eigenvalue weighted by Gasteiger charge is 2.37. The molecule has 22 heavy (non-hydrogen) atoms. The molecule has 1 rings (SSSR count). The fraction of sp³-hybridized carbons (Fsp3) is 0.882. The molecule has 5 heteroatoms. The lowest BCUT2D eigenvalue weighted by molar-refractivity contribution is -0.199. The van der Waals surface area contributed by atoms with E-state index in [4.69, 9.17) is 9.47 Å². The molecule has 4 atom stereocenters. The van der Waals surface area contributed by atoms with Gasteiger partial charge >= 0.3 is 0 Å². The van der Waals surface area contributed by atoms with Crippen molar-refractivity contribution in [1.82, 2.24) is 0 Å². The van der Waals surface area contributed by atoms with E-state index in [9.17, 15) is 15.3 Å². The molecule has 0 unspecified atom stereocenters. The average molecular weight is 316 g/mol. The van der Waals surface area contributed by atoms with Crippen LogP contribution in [0, 0.1) is 0 Å². The summed E-state index contributed by atoms with van der Waals surface area (Å²) >= 11 is 0. The number of ether oxygens (including phenoxy) is 2. The van der Waals surface area contributed by atoms with E-state index in [1.54, 1.807) is 0 Å². The molecule has 0 aromatic carbocycles. The first-order chi connectivity index (χ1) is 10.7. The molecule has 1 saturated heterocycles. The van der Waals surface area contributed by atoms with Gasteiger partial charge in [-0.05, 0) is 19.3 Å². The largest absolute Gasteiger partial charge is 0.388 e. The lowest BCUT2D eigenvalue weighted by Gasteiger charge is -2.35. The summed E-state index contributed by atoms with van der Waals surface area (Å²) in [6, 6.07) is 0. The fourth-order valence-electron chi connectivity index (χ4n) is 2.47. The molecule has 0 aromatic heterocycles. The summed E-state index contributed by atoms with van der Waals surface area (Å²) in [5, 5.41) is 28.6. The van der Waals surface area contributed by atoms with Crippen LogP contribution in [0.2, 0.25) is 0 Å².